The molecule has 0 unspecified atom stereocenters. The molecule has 3 heterocycles. The Morgan fingerprint density at radius 1 is 1.25 bits per heavy atom. The first-order valence-corrected chi connectivity index (χ1v) is 5.82. The zero-order chi connectivity index (χ0) is 11.0. The normalized spacial score (nSPS) is 23.1. The molecular formula is C12H17N3O. The van der Waals surface area contributed by atoms with Crippen LogP contribution in [0.5, 0.6) is 0 Å². The Labute approximate surface area is 95.4 Å². The maximum Gasteiger partial charge on any atom is 0.123 e. The number of rotatable bonds is 1. The molecule has 0 radical (unpaired) electrons. The van der Waals surface area contributed by atoms with Crippen LogP contribution < -0.4 is 10.6 Å². The molecule has 86 valence electrons. The molecule has 4 heteroatoms. The van der Waals surface area contributed by atoms with Crippen LogP contribution in [-0.2, 0) is 4.74 Å². The number of aromatic nitrogens is 1. The first-order valence-electron chi connectivity index (χ1n) is 5.82. The molecule has 2 saturated heterocycles. The van der Waals surface area contributed by atoms with Gasteiger partial charge in [-0.05, 0) is 25.0 Å². The van der Waals surface area contributed by atoms with E-state index in [0.29, 0.717) is 11.2 Å². The van der Waals surface area contributed by atoms with Crippen molar-refractivity contribution >= 4 is 11.5 Å². The molecular weight excluding hydrogens is 202 g/mol. The smallest absolute Gasteiger partial charge is 0.123 e. The Balaban J connectivity index is 1.67. The van der Waals surface area contributed by atoms with Crippen molar-refractivity contribution in [3.05, 3.63) is 18.3 Å². The zero-order valence-corrected chi connectivity index (χ0v) is 9.35. The average molecular weight is 219 g/mol. The summed E-state index contributed by atoms with van der Waals surface area (Å²) >= 11 is 0. The van der Waals surface area contributed by atoms with E-state index >= 15 is 0 Å². The first kappa shape index (κ1) is 9.90. The van der Waals surface area contributed by atoms with Crippen LogP contribution in [0.2, 0.25) is 0 Å². The molecule has 2 N–H and O–H groups in total. The minimum absolute atomic E-state index is 0.498. The number of nitrogen functional groups attached to an aromatic ring is 1. The molecule has 3 rings (SSSR count). The fourth-order valence-electron chi connectivity index (χ4n) is 2.50. The van der Waals surface area contributed by atoms with Gasteiger partial charge in [0.15, 0.2) is 0 Å². The predicted molar refractivity (Wildman–Crippen MR) is 63.3 cm³/mol. The van der Waals surface area contributed by atoms with Crippen molar-refractivity contribution in [1.82, 2.24) is 4.98 Å². The van der Waals surface area contributed by atoms with Crippen LogP contribution in [-0.4, -0.2) is 31.3 Å². The molecule has 1 spiro atoms. The summed E-state index contributed by atoms with van der Waals surface area (Å²) in [5.74, 6) is 0.588. The molecule has 0 aromatic carbocycles. The van der Waals surface area contributed by atoms with Crippen LogP contribution in [0.1, 0.15) is 12.8 Å². The minimum Gasteiger partial charge on any atom is -0.384 e. The lowest BCUT2D eigenvalue weighted by molar-refractivity contribution is -0.124. The molecule has 1 aromatic heterocycles. The Bertz CT molecular complexity index is 362. The number of hydrogen-bond donors (Lipinski definition) is 1. The van der Waals surface area contributed by atoms with Gasteiger partial charge in [0.25, 0.3) is 0 Å². The largest absolute Gasteiger partial charge is 0.384 e. The van der Waals surface area contributed by atoms with Crippen molar-refractivity contribution in [1.29, 1.82) is 0 Å². The Kier molecular flexibility index (Phi) is 2.24. The fourth-order valence-corrected chi connectivity index (χ4v) is 2.50. The van der Waals surface area contributed by atoms with E-state index in [9.17, 15) is 0 Å². The lowest BCUT2D eigenvalue weighted by Crippen LogP contribution is -2.50. The monoisotopic (exact) mass is 219 g/mol. The topological polar surface area (TPSA) is 51.4 Å². The van der Waals surface area contributed by atoms with Gasteiger partial charge in [0.2, 0.25) is 0 Å². The summed E-state index contributed by atoms with van der Waals surface area (Å²) in [6, 6.07) is 3.92. The molecule has 1 aromatic rings. The van der Waals surface area contributed by atoms with E-state index in [2.05, 4.69) is 16.0 Å². The van der Waals surface area contributed by atoms with Gasteiger partial charge in [0.1, 0.15) is 5.82 Å². The summed E-state index contributed by atoms with van der Waals surface area (Å²) in [5, 5.41) is 0. The van der Waals surface area contributed by atoms with Crippen molar-refractivity contribution in [2.45, 2.75) is 12.8 Å². The van der Waals surface area contributed by atoms with Gasteiger partial charge in [0.05, 0.1) is 25.1 Å². The summed E-state index contributed by atoms with van der Waals surface area (Å²) in [4.78, 5) is 6.52. The highest BCUT2D eigenvalue weighted by Crippen LogP contribution is 2.39. The highest BCUT2D eigenvalue weighted by atomic mass is 16.5. The van der Waals surface area contributed by atoms with Gasteiger partial charge in [-0.3, -0.25) is 0 Å². The van der Waals surface area contributed by atoms with Gasteiger partial charge in [-0.1, -0.05) is 0 Å². The third-order valence-corrected chi connectivity index (χ3v) is 3.78. The molecule has 2 aliphatic heterocycles. The van der Waals surface area contributed by atoms with Crippen molar-refractivity contribution in [2.24, 2.45) is 5.41 Å². The maximum absolute atomic E-state index is 5.58. The zero-order valence-electron chi connectivity index (χ0n) is 9.35. The van der Waals surface area contributed by atoms with Crippen LogP contribution in [0.3, 0.4) is 0 Å². The lowest BCUT2D eigenvalue weighted by Gasteiger charge is -2.47. The van der Waals surface area contributed by atoms with Crippen LogP contribution in [0, 0.1) is 5.41 Å². The van der Waals surface area contributed by atoms with Crippen molar-refractivity contribution in [3.8, 4) is 0 Å². The van der Waals surface area contributed by atoms with Crippen molar-refractivity contribution in [3.63, 3.8) is 0 Å². The standard InChI is InChI=1S/C12H17N3O/c13-11-2-1-10(7-14-11)15-5-3-12(4-6-15)8-16-9-12/h1-2,7H,3-6,8-9H2,(H2,13,14). The lowest BCUT2D eigenvalue weighted by atomic mass is 9.77. The van der Waals surface area contributed by atoms with E-state index in [1.807, 2.05) is 12.3 Å². The molecule has 4 nitrogen and oxygen atoms in total. The summed E-state index contributed by atoms with van der Waals surface area (Å²) in [5.41, 5.74) is 7.27. The molecule has 0 aliphatic carbocycles. The van der Waals surface area contributed by atoms with Gasteiger partial charge in [-0.15, -0.1) is 0 Å². The number of nitrogens with two attached hydrogens (primary N) is 1. The van der Waals surface area contributed by atoms with Crippen molar-refractivity contribution < 1.29 is 4.74 Å². The van der Waals surface area contributed by atoms with Gasteiger partial charge in [-0.25, -0.2) is 4.98 Å². The van der Waals surface area contributed by atoms with Gasteiger partial charge >= 0.3 is 0 Å². The second-order valence-electron chi connectivity index (χ2n) is 4.92. The number of piperidine rings is 1. The third-order valence-electron chi connectivity index (χ3n) is 3.78. The van der Waals surface area contributed by atoms with Crippen LogP contribution in [0.4, 0.5) is 11.5 Å². The molecule has 0 bridgehead atoms. The quantitative estimate of drug-likeness (QED) is 0.773. The summed E-state index contributed by atoms with van der Waals surface area (Å²) in [6.45, 7) is 4.13. The van der Waals surface area contributed by atoms with E-state index in [1.54, 1.807) is 0 Å². The van der Waals surface area contributed by atoms with Crippen LogP contribution >= 0.6 is 0 Å². The average Bonchev–Trinajstić information content (AvgIpc) is 2.28. The third kappa shape index (κ3) is 1.63. The molecule has 0 saturated carbocycles. The second kappa shape index (κ2) is 3.63. The van der Waals surface area contributed by atoms with E-state index < -0.39 is 0 Å². The minimum atomic E-state index is 0.498. The first-order chi connectivity index (χ1) is 7.77. The highest BCUT2D eigenvalue weighted by molar-refractivity contribution is 5.48. The Morgan fingerprint density at radius 3 is 2.50 bits per heavy atom. The number of nitrogens with zero attached hydrogens (tertiary/aromatic N) is 2. The van der Waals surface area contributed by atoms with Gasteiger partial charge in [-0.2, -0.15) is 0 Å². The van der Waals surface area contributed by atoms with Gasteiger partial charge in [0, 0.05) is 18.5 Å². The number of anilines is 2. The van der Waals surface area contributed by atoms with Crippen molar-refractivity contribution in [2.75, 3.05) is 36.9 Å². The van der Waals surface area contributed by atoms with E-state index in [0.717, 1.165) is 26.3 Å². The number of pyridine rings is 1. The Morgan fingerprint density at radius 2 is 2.00 bits per heavy atom. The van der Waals surface area contributed by atoms with E-state index in [1.165, 1.54) is 18.5 Å². The van der Waals surface area contributed by atoms with E-state index in [4.69, 9.17) is 10.5 Å². The summed E-state index contributed by atoms with van der Waals surface area (Å²) in [6.07, 6.45) is 4.33. The maximum atomic E-state index is 5.58. The molecule has 16 heavy (non-hydrogen) atoms. The van der Waals surface area contributed by atoms with Gasteiger partial charge < -0.3 is 15.4 Å². The Hall–Kier alpha value is -1.29. The molecule has 0 amide bonds. The summed E-state index contributed by atoms with van der Waals surface area (Å²) < 4.78 is 5.32. The van der Waals surface area contributed by atoms with E-state index in [-0.39, 0.29) is 0 Å². The number of hydrogen-bond acceptors (Lipinski definition) is 4. The van der Waals surface area contributed by atoms with Crippen LogP contribution in [0.25, 0.3) is 0 Å². The number of ether oxygens (including phenoxy) is 1. The second-order valence-corrected chi connectivity index (χ2v) is 4.92. The molecule has 2 aliphatic rings. The SMILES string of the molecule is Nc1ccc(N2CCC3(CC2)COC3)cn1. The predicted octanol–water partition coefficient (Wildman–Crippen LogP) is 1.28. The molecule has 2 fully saturated rings. The molecule has 0 atom stereocenters. The van der Waals surface area contributed by atoms with Crippen LogP contribution in [0.15, 0.2) is 18.3 Å². The fraction of sp³-hybridized carbons (Fsp3) is 0.583. The highest BCUT2D eigenvalue weighted by Gasteiger charge is 2.41. The summed E-state index contributed by atoms with van der Waals surface area (Å²) in [7, 11) is 0.